The van der Waals surface area contributed by atoms with Gasteiger partial charge in [-0.25, -0.2) is 4.98 Å². The van der Waals surface area contributed by atoms with E-state index in [1.807, 2.05) is 31.3 Å². The molecule has 110 valence electrons. The molecule has 1 atom stereocenters. The van der Waals surface area contributed by atoms with Crippen LogP contribution in [0.5, 0.6) is 0 Å². The molecule has 20 heavy (non-hydrogen) atoms. The zero-order valence-electron chi connectivity index (χ0n) is 12.9. The molecular weight excluding hydrogens is 248 g/mol. The number of benzene rings is 1. The van der Waals surface area contributed by atoms with Crippen molar-refractivity contribution in [1.82, 2.24) is 10.3 Å². The monoisotopic (exact) mass is 274 g/mol. The summed E-state index contributed by atoms with van der Waals surface area (Å²) in [7, 11) is 2.05. The van der Waals surface area contributed by atoms with E-state index in [2.05, 4.69) is 24.1 Å². The quantitative estimate of drug-likeness (QED) is 0.785. The Morgan fingerprint density at radius 2 is 1.85 bits per heavy atom. The molecular formula is C17H26N2O. The van der Waals surface area contributed by atoms with Crippen molar-refractivity contribution >= 4 is 11.1 Å². The van der Waals surface area contributed by atoms with Crippen molar-refractivity contribution in [3.05, 3.63) is 30.2 Å². The lowest BCUT2D eigenvalue weighted by Gasteiger charge is -2.25. The summed E-state index contributed by atoms with van der Waals surface area (Å²) in [6, 6.07) is 8.43. The van der Waals surface area contributed by atoms with Crippen LogP contribution in [0.4, 0.5) is 0 Å². The summed E-state index contributed by atoms with van der Waals surface area (Å²) in [6.07, 6.45) is 5.86. The van der Waals surface area contributed by atoms with E-state index in [1.54, 1.807) is 0 Å². The van der Waals surface area contributed by atoms with Crippen molar-refractivity contribution in [3.63, 3.8) is 0 Å². The normalized spacial score (nSPS) is 13.2. The van der Waals surface area contributed by atoms with Crippen LogP contribution in [0.25, 0.3) is 11.1 Å². The summed E-state index contributed by atoms with van der Waals surface area (Å²) in [6.45, 7) is 4.52. The molecule has 0 bridgehead atoms. The Morgan fingerprint density at radius 1 is 1.15 bits per heavy atom. The fraction of sp³-hybridized carbons (Fsp3) is 0.588. The Balaban J connectivity index is 2.11. The number of nitrogens with zero attached hydrogens (tertiary/aromatic N) is 1. The van der Waals surface area contributed by atoms with Gasteiger partial charge in [-0.05, 0) is 37.9 Å². The fourth-order valence-corrected chi connectivity index (χ4v) is 2.99. The van der Waals surface area contributed by atoms with E-state index in [0.29, 0.717) is 12.0 Å². The second-order valence-electron chi connectivity index (χ2n) is 5.51. The van der Waals surface area contributed by atoms with E-state index >= 15 is 0 Å². The zero-order valence-corrected chi connectivity index (χ0v) is 12.9. The number of rotatable bonds is 8. The van der Waals surface area contributed by atoms with E-state index in [-0.39, 0.29) is 0 Å². The second kappa shape index (κ2) is 7.44. The molecule has 1 unspecified atom stereocenters. The largest absolute Gasteiger partial charge is 0.441 e. The van der Waals surface area contributed by atoms with Gasteiger partial charge in [-0.3, -0.25) is 0 Å². The second-order valence-corrected chi connectivity index (χ2v) is 5.51. The SMILES string of the molecule is CCCC(CCC)C(Cc1nc2ccccc2o1)NC. The minimum atomic E-state index is 0.447. The molecule has 1 heterocycles. The minimum absolute atomic E-state index is 0.447. The molecule has 1 aromatic heterocycles. The van der Waals surface area contributed by atoms with Gasteiger partial charge in [0, 0.05) is 12.5 Å². The number of oxazole rings is 1. The van der Waals surface area contributed by atoms with Crippen molar-refractivity contribution in [2.75, 3.05) is 7.05 Å². The number of para-hydroxylation sites is 2. The van der Waals surface area contributed by atoms with Gasteiger partial charge in [0.15, 0.2) is 11.5 Å². The lowest BCUT2D eigenvalue weighted by atomic mass is 9.88. The van der Waals surface area contributed by atoms with Crippen LogP contribution in [-0.2, 0) is 6.42 Å². The number of likely N-dealkylation sites (N-methyl/N-ethyl adjacent to an activating group) is 1. The predicted octanol–water partition coefficient (Wildman–Crippen LogP) is 4.17. The first-order chi connectivity index (χ1) is 9.78. The summed E-state index contributed by atoms with van der Waals surface area (Å²) in [5.74, 6) is 1.55. The van der Waals surface area contributed by atoms with E-state index in [9.17, 15) is 0 Å². The van der Waals surface area contributed by atoms with Crippen molar-refractivity contribution in [2.24, 2.45) is 5.92 Å². The van der Waals surface area contributed by atoms with Crippen LogP contribution >= 0.6 is 0 Å². The van der Waals surface area contributed by atoms with Crippen LogP contribution in [0.1, 0.15) is 45.4 Å². The Hall–Kier alpha value is -1.35. The molecule has 2 rings (SSSR count). The predicted molar refractivity (Wildman–Crippen MR) is 83.9 cm³/mol. The van der Waals surface area contributed by atoms with Crippen molar-refractivity contribution in [2.45, 2.75) is 52.0 Å². The molecule has 1 aromatic carbocycles. The smallest absolute Gasteiger partial charge is 0.197 e. The molecule has 0 aliphatic carbocycles. The zero-order chi connectivity index (χ0) is 14.4. The molecule has 0 fully saturated rings. The van der Waals surface area contributed by atoms with Crippen molar-refractivity contribution < 1.29 is 4.42 Å². The standard InChI is InChI=1S/C17H26N2O/c1-4-8-13(9-5-2)15(18-3)12-17-19-14-10-6-7-11-16(14)20-17/h6-7,10-11,13,15,18H,4-5,8-9,12H2,1-3H3. The number of fused-ring (bicyclic) bond motifs is 1. The first-order valence-electron chi connectivity index (χ1n) is 7.80. The van der Waals surface area contributed by atoms with Gasteiger partial charge >= 0.3 is 0 Å². The van der Waals surface area contributed by atoms with E-state index in [1.165, 1.54) is 25.7 Å². The molecule has 2 aromatic rings. The first-order valence-corrected chi connectivity index (χ1v) is 7.80. The summed E-state index contributed by atoms with van der Waals surface area (Å²) in [4.78, 5) is 4.60. The minimum Gasteiger partial charge on any atom is -0.441 e. The molecule has 3 nitrogen and oxygen atoms in total. The van der Waals surface area contributed by atoms with Crippen LogP contribution in [0, 0.1) is 5.92 Å². The molecule has 0 aliphatic rings. The summed E-state index contributed by atoms with van der Waals surface area (Å²) in [5.41, 5.74) is 1.85. The van der Waals surface area contributed by atoms with Crippen LogP contribution < -0.4 is 5.32 Å². The van der Waals surface area contributed by atoms with Gasteiger partial charge in [-0.1, -0.05) is 38.8 Å². The van der Waals surface area contributed by atoms with E-state index in [4.69, 9.17) is 4.42 Å². The highest BCUT2D eigenvalue weighted by molar-refractivity contribution is 5.72. The van der Waals surface area contributed by atoms with Crippen molar-refractivity contribution in [3.8, 4) is 0 Å². The number of aromatic nitrogens is 1. The lowest BCUT2D eigenvalue weighted by molar-refractivity contribution is 0.307. The van der Waals surface area contributed by atoms with E-state index in [0.717, 1.165) is 23.4 Å². The van der Waals surface area contributed by atoms with Gasteiger partial charge in [-0.15, -0.1) is 0 Å². The third-order valence-corrected chi connectivity index (χ3v) is 3.99. The van der Waals surface area contributed by atoms with Gasteiger partial charge in [0.1, 0.15) is 5.52 Å². The Morgan fingerprint density at radius 3 is 2.45 bits per heavy atom. The van der Waals surface area contributed by atoms with E-state index < -0.39 is 0 Å². The molecule has 0 aliphatic heterocycles. The molecule has 0 saturated heterocycles. The maximum absolute atomic E-state index is 5.86. The molecule has 0 amide bonds. The van der Waals surface area contributed by atoms with Gasteiger partial charge < -0.3 is 9.73 Å². The first kappa shape index (κ1) is 15.0. The molecule has 0 radical (unpaired) electrons. The number of nitrogens with one attached hydrogen (secondary N) is 1. The lowest BCUT2D eigenvalue weighted by Crippen LogP contribution is -2.35. The topological polar surface area (TPSA) is 38.1 Å². The maximum atomic E-state index is 5.86. The summed E-state index contributed by atoms with van der Waals surface area (Å²) in [5, 5.41) is 3.46. The Labute approximate surface area is 121 Å². The number of hydrogen-bond acceptors (Lipinski definition) is 3. The molecule has 3 heteroatoms. The third-order valence-electron chi connectivity index (χ3n) is 3.99. The van der Waals surface area contributed by atoms with Gasteiger partial charge in [0.2, 0.25) is 0 Å². The Bertz CT molecular complexity index is 481. The van der Waals surface area contributed by atoms with Crippen LogP contribution in [0.15, 0.2) is 28.7 Å². The maximum Gasteiger partial charge on any atom is 0.197 e. The average Bonchev–Trinajstić information content (AvgIpc) is 2.87. The highest BCUT2D eigenvalue weighted by atomic mass is 16.3. The van der Waals surface area contributed by atoms with Crippen LogP contribution in [-0.4, -0.2) is 18.1 Å². The molecule has 0 saturated carbocycles. The Kier molecular flexibility index (Phi) is 5.60. The average molecular weight is 274 g/mol. The fourth-order valence-electron chi connectivity index (χ4n) is 2.99. The van der Waals surface area contributed by atoms with Crippen LogP contribution in [0.3, 0.4) is 0 Å². The third kappa shape index (κ3) is 3.60. The van der Waals surface area contributed by atoms with Gasteiger partial charge in [-0.2, -0.15) is 0 Å². The number of hydrogen-bond donors (Lipinski definition) is 1. The highest BCUT2D eigenvalue weighted by Gasteiger charge is 2.21. The highest BCUT2D eigenvalue weighted by Crippen LogP contribution is 2.22. The molecule has 0 spiro atoms. The van der Waals surface area contributed by atoms with Crippen molar-refractivity contribution in [1.29, 1.82) is 0 Å². The van der Waals surface area contributed by atoms with Gasteiger partial charge in [0.25, 0.3) is 0 Å². The van der Waals surface area contributed by atoms with Gasteiger partial charge in [0.05, 0.1) is 0 Å². The summed E-state index contributed by atoms with van der Waals surface area (Å²) < 4.78 is 5.86. The summed E-state index contributed by atoms with van der Waals surface area (Å²) >= 11 is 0. The van der Waals surface area contributed by atoms with Crippen LogP contribution in [0.2, 0.25) is 0 Å². The molecule has 1 N–H and O–H groups in total.